The summed E-state index contributed by atoms with van der Waals surface area (Å²) in [4.78, 5) is 2.28. The SMILES string of the molecule is Cc1ccc(NS(=O)(=O)c2c(C)sc(C)c2C2NNC(C)C2C)cc1C. The van der Waals surface area contributed by atoms with Gasteiger partial charge < -0.3 is 0 Å². The van der Waals surface area contributed by atoms with Gasteiger partial charge in [0.2, 0.25) is 0 Å². The minimum absolute atomic E-state index is 0.0266. The van der Waals surface area contributed by atoms with E-state index in [-0.39, 0.29) is 12.1 Å². The number of nitrogens with one attached hydrogen (secondary N) is 3. The summed E-state index contributed by atoms with van der Waals surface area (Å²) in [5, 5.41) is 0. The molecule has 1 aliphatic heterocycles. The van der Waals surface area contributed by atoms with E-state index in [2.05, 4.69) is 29.4 Å². The van der Waals surface area contributed by atoms with E-state index in [0.29, 0.717) is 16.5 Å². The molecule has 3 unspecified atom stereocenters. The van der Waals surface area contributed by atoms with Crippen molar-refractivity contribution in [3.8, 4) is 0 Å². The second-order valence-corrected chi connectivity index (χ2v) is 10.3. The first kappa shape index (κ1) is 19.4. The maximum atomic E-state index is 13.2. The van der Waals surface area contributed by atoms with Crippen LogP contribution in [0.25, 0.3) is 0 Å². The molecule has 0 amide bonds. The summed E-state index contributed by atoms with van der Waals surface area (Å²) in [6, 6.07) is 5.88. The zero-order valence-electron chi connectivity index (χ0n) is 16.1. The van der Waals surface area contributed by atoms with Crippen LogP contribution in [0.3, 0.4) is 0 Å². The van der Waals surface area contributed by atoms with Gasteiger partial charge in [0.1, 0.15) is 4.90 Å². The van der Waals surface area contributed by atoms with Crippen LogP contribution >= 0.6 is 11.3 Å². The summed E-state index contributed by atoms with van der Waals surface area (Å²) >= 11 is 1.54. The minimum Gasteiger partial charge on any atom is -0.280 e. The quantitative estimate of drug-likeness (QED) is 0.735. The third kappa shape index (κ3) is 3.41. The Balaban J connectivity index is 2.04. The molecule has 2 aromatic rings. The van der Waals surface area contributed by atoms with Crippen LogP contribution in [0.1, 0.15) is 46.3 Å². The lowest BCUT2D eigenvalue weighted by atomic mass is 9.92. The van der Waals surface area contributed by atoms with Gasteiger partial charge in [-0.3, -0.25) is 10.1 Å². The van der Waals surface area contributed by atoms with E-state index < -0.39 is 10.0 Å². The Morgan fingerprint density at radius 3 is 2.27 bits per heavy atom. The standard InChI is InChI=1S/C19H27N3O2S2/c1-10-7-8-16(9-11(10)2)22-26(23,24)19-15(6)25-14(5)17(19)18-12(3)13(4)20-21-18/h7-9,12-13,18,20-22H,1-6H3. The van der Waals surface area contributed by atoms with E-state index in [1.807, 2.05) is 45.9 Å². The molecule has 3 rings (SSSR count). The molecule has 0 spiro atoms. The molecule has 26 heavy (non-hydrogen) atoms. The fourth-order valence-electron chi connectivity index (χ4n) is 3.49. The first-order chi connectivity index (χ1) is 12.1. The number of anilines is 1. The van der Waals surface area contributed by atoms with Crippen molar-refractivity contribution in [1.29, 1.82) is 0 Å². The highest BCUT2D eigenvalue weighted by Crippen LogP contribution is 2.41. The van der Waals surface area contributed by atoms with E-state index in [9.17, 15) is 8.42 Å². The maximum absolute atomic E-state index is 13.2. The lowest BCUT2D eigenvalue weighted by Crippen LogP contribution is -2.29. The minimum atomic E-state index is -3.67. The highest BCUT2D eigenvalue weighted by Gasteiger charge is 2.37. The van der Waals surface area contributed by atoms with Gasteiger partial charge in [-0.1, -0.05) is 13.0 Å². The smallest absolute Gasteiger partial charge is 0.263 e. The van der Waals surface area contributed by atoms with Crippen molar-refractivity contribution in [3.05, 3.63) is 44.6 Å². The van der Waals surface area contributed by atoms with Crippen LogP contribution in [0.4, 0.5) is 5.69 Å². The Bertz CT molecular complexity index is 935. The summed E-state index contributed by atoms with van der Waals surface area (Å²) in [7, 11) is -3.67. The van der Waals surface area contributed by atoms with Crippen molar-refractivity contribution >= 4 is 27.0 Å². The molecule has 1 aromatic carbocycles. The summed E-state index contributed by atoms with van der Waals surface area (Å²) in [5.41, 5.74) is 10.2. The molecule has 0 bridgehead atoms. The predicted octanol–water partition coefficient (Wildman–Crippen LogP) is 3.96. The molecule has 3 N–H and O–H groups in total. The highest BCUT2D eigenvalue weighted by atomic mass is 32.2. The van der Waals surface area contributed by atoms with E-state index in [4.69, 9.17) is 0 Å². The van der Waals surface area contributed by atoms with Gasteiger partial charge in [-0.05, 0) is 63.8 Å². The number of thiophene rings is 1. The van der Waals surface area contributed by atoms with Gasteiger partial charge in [0.15, 0.2) is 0 Å². The van der Waals surface area contributed by atoms with Gasteiger partial charge in [0, 0.05) is 27.0 Å². The molecule has 2 heterocycles. The first-order valence-corrected chi connectivity index (χ1v) is 11.1. The first-order valence-electron chi connectivity index (χ1n) is 8.83. The summed E-state index contributed by atoms with van der Waals surface area (Å²) < 4.78 is 29.3. The van der Waals surface area contributed by atoms with Crippen molar-refractivity contribution in [2.24, 2.45) is 5.92 Å². The number of aryl methyl sites for hydroxylation is 4. The maximum Gasteiger partial charge on any atom is 0.263 e. The monoisotopic (exact) mass is 393 g/mol. The second kappa shape index (κ2) is 6.96. The average Bonchev–Trinajstić information content (AvgIpc) is 3.02. The normalized spacial score (nSPS) is 23.4. The van der Waals surface area contributed by atoms with Crippen LogP contribution < -0.4 is 15.6 Å². The lowest BCUT2D eigenvalue weighted by molar-refractivity contribution is 0.469. The third-order valence-electron chi connectivity index (χ3n) is 5.37. The summed E-state index contributed by atoms with van der Waals surface area (Å²) in [5.74, 6) is 0.290. The van der Waals surface area contributed by atoms with Gasteiger partial charge in [-0.2, -0.15) is 0 Å². The van der Waals surface area contributed by atoms with E-state index in [1.165, 1.54) is 0 Å². The average molecular weight is 394 g/mol. The molecular weight excluding hydrogens is 366 g/mol. The predicted molar refractivity (Wildman–Crippen MR) is 108 cm³/mol. The van der Waals surface area contributed by atoms with E-state index in [1.54, 1.807) is 11.3 Å². The van der Waals surface area contributed by atoms with Crippen LogP contribution in [0.5, 0.6) is 0 Å². The lowest BCUT2D eigenvalue weighted by Gasteiger charge is -2.19. The summed E-state index contributed by atoms with van der Waals surface area (Å²) in [6.45, 7) is 12.1. The molecule has 142 valence electrons. The van der Waals surface area contributed by atoms with Gasteiger partial charge in [-0.15, -0.1) is 11.3 Å². The van der Waals surface area contributed by atoms with Crippen molar-refractivity contribution in [3.63, 3.8) is 0 Å². The Hall–Kier alpha value is -1.41. The zero-order valence-corrected chi connectivity index (χ0v) is 17.7. The Kier molecular flexibility index (Phi) is 5.18. The van der Waals surface area contributed by atoms with Gasteiger partial charge >= 0.3 is 0 Å². The molecule has 0 radical (unpaired) electrons. The number of hydrazine groups is 1. The molecule has 1 aromatic heterocycles. The number of sulfonamides is 1. The number of rotatable bonds is 4. The summed E-state index contributed by atoms with van der Waals surface area (Å²) in [6.07, 6.45) is 0. The third-order valence-corrected chi connectivity index (χ3v) is 8.10. The van der Waals surface area contributed by atoms with Crippen molar-refractivity contribution in [2.75, 3.05) is 4.72 Å². The second-order valence-electron chi connectivity index (χ2n) is 7.28. The topological polar surface area (TPSA) is 70.2 Å². The Labute approximate surface area is 160 Å². The zero-order chi connectivity index (χ0) is 19.2. The number of hydrogen-bond donors (Lipinski definition) is 3. The van der Waals surface area contributed by atoms with Crippen LogP contribution in [0.15, 0.2) is 23.1 Å². The molecule has 5 nitrogen and oxygen atoms in total. The molecule has 1 saturated heterocycles. The van der Waals surface area contributed by atoms with Gasteiger partial charge in [0.25, 0.3) is 10.0 Å². The van der Waals surface area contributed by atoms with Crippen molar-refractivity contribution < 1.29 is 8.42 Å². The number of hydrogen-bond acceptors (Lipinski definition) is 5. The molecule has 0 saturated carbocycles. The molecule has 1 aliphatic rings. The Morgan fingerprint density at radius 1 is 1.00 bits per heavy atom. The van der Waals surface area contributed by atoms with Gasteiger partial charge in [0.05, 0.1) is 6.04 Å². The van der Waals surface area contributed by atoms with Crippen molar-refractivity contribution in [2.45, 2.75) is 58.5 Å². The molecule has 3 atom stereocenters. The largest absolute Gasteiger partial charge is 0.280 e. The van der Waals surface area contributed by atoms with Gasteiger partial charge in [-0.25, -0.2) is 13.8 Å². The van der Waals surface area contributed by atoms with Crippen LogP contribution in [0, 0.1) is 33.6 Å². The molecular formula is C19H27N3O2S2. The molecule has 7 heteroatoms. The molecule has 0 aliphatic carbocycles. The fraction of sp³-hybridized carbons (Fsp3) is 0.474. The highest BCUT2D eigenvalue weighted by molar-refractivity contribution is 7.93. The van der Waals surface area contributed by atoms with Crippen molar-refractivity contribution in [1.82, 2.24) is 10.9 Å². The molecule has 1 fully saturated rings. The van der Waals surface area contributed by atoms with E-state index in [0.717, 1.165) is 26.4 Å². The van der Waals surface area contributed by atoms with Crippen LogP contribution in [-0.2, 0) is 10.0 Å². The van der Waals surface area contributed by atoms with E-state index >= 15 is 0 Å². The number of benzene rings is 1. The fourth-order valence-corrected chi connectivity index (χ4v) is 6.50. The van der Waals surface area contributed by atoms with Crippen LogP contribution in [0.2, 0.25) is 0 Å². The Morgan fingerprint density at radius 2 is 1.69 bits per heavy atom. The van der Waals surface area contributed by atoms with Crippen LogP contribution in [-0.4, -0.2) is 14.5 Å².